The van der Waals surface area contributed by atoms with E-state index in [2.05, 4.69) is 15.3 Å². The zero-order valence-corrected chi connectivity index (χ0v) is 11.4. The minimum atomic E-state index is -0.0996. The SMILES string of the molecule is CCNC(c1cncnc1)c1c(Cl)cccc1Cl. The molecule has 1 aromatic heterocycles. The van der Waals surface area contributed by atoms with Crippen LogP contribution in [0.15, 0.2) is 36.9 Å². The number of aromatic nitrogens is 2. The minimum Gasteiger partial charge on any atom is -0.306 e. The number of rotatable bonds is 4. The van der Waals surface area contributed by atoms with Crippen molar-refractivity contribution in [2.75, 3.05) is 6.54 Å². The number of halogens is 2. The van der Waals surface area contributed by atoms with E-state index in [0.717, 1.165) is 17.7 Å². The molecule has 5 heteroatoms. The van der Waals surface area contributed by atoms with Crippen LogP contribution in [0.3, 0.4) is 0 Å². The molecule has 0 amide bonds. The quantitative estimate of drug-likeness (QED) is 0.932. The van der Waals surface area contributed by atoms with Crippen molar-refractivity contribution in [2.45, 2.75) is 13.0 Å². The van der Waals surface area contributed by atoms with Gasteiger partial charge in [-0.2, -0.15) is 0 Å². The van der Waals surface area contributed by atoms with Crippen molar-refractivity contribution in [3.63, 3.8) is 0 Å². The van der Waals surface area contributed by atoms with E-state index in [9.17, 15) is 0 Å². The van der Waals surface area contributed by atoms with Crippen LogP contribution in [0.1, 0.15) is 24.1 Å². The number of nitrogens with zero attached hydrogens (tertiary/aromatic N) is 2. The molecule has 0 fully saturated rings. The number of hydrogen-bond acceptors (Lipinski definition) is 3. The van der Waals surface area contributed by atoms with E-state index in [1.807, 2.05) is 25.1 Å². The first kappa shape index (κ1) is 13.3. The average molecular weight is 282 g/mol. The van der Waals surface area contributed by atoms with Gasteiger partial charge in [-0.25, -0.2) is 9.97 Å². The predicted molar refractivity (Wildman–Crippen MR) is 74.0 cm³/mol. The van der Waals surface area contributed by atoms with Crippen molar-refractivity contribution in [1.82, 2.24) is 15.3 Å². The van der Waals surface area contributed by atoms with Gasteiger partial charge in [0.2, 0.25) is 0 Å². The Hall–Kier alpha value is -1.16. The second-order valence-corrected chi connectivity index (χ2v) is 4.61. The van der Waals surface area contributed by atoms with Gasteiger partial charge in [0.25, 0.3) is 0 Å². The third-order valence-corrected chi connectivity index (χ3v) is 3.27. The Labute approximate surface area is 116 Å². The molecule has 0 radical (unpaired) electrons. The fourth-order valence-corrected chi connectivity index (χ4v) is 2.45. The van der Waals surface area contributed by atoms with Crippen molar-refractivity contribution >= 4 is 23.2 Å². The Morgan fingerprint density at radius 3 is 2.33 bits per heavy atom. The zero-order chi connectivity index (χ0) is 13.0. The molecular formula is C13H13Cl2N3. The van der Waals surface area contributed by atoms with Crippen LogP contribution in [-0.2, 0) is 0 Å². The van der Waals surface area contributed by atoms with Crippen molar-refractivity contribution in [3.8, 4) is 0 Å². The molecule has 1 aromatic carbocycles. The van der Waals surface area contributed by atoms with E-state index >= 15 is 0 Å². The van der Waals surface area contributed by atoms with Gasteiger partial charge in [0, 0.05) is 33.6 Å². The first-order chi connectivity index (χ1) is 8.74. The molecule has 3 nitrogen and oxygen atoms in total. The fourth-order valence-electron chi connectivity index (χ4n) is 1.84. The molecule has 1 atom stereocenters. The summed E-state index contributed by atoms with van der Waals surface area (Å²) in [6, 6.07) is 5.39. The number of nitrogens with one attached hydrogen (secondary N) is 1. The third-order valence-electron chi connectivity index (χ3n) is 2.61. The maximum absolute atomic E-state index is 6.24. The molecule has 1 N–H and O–H groups in total. The molecule has 0 saturated carbocycles. The summed E-state index contributed by atoms with van der Waals surface area (Å²) < 4.78 is 0. The van der Waals surface area contributed by atoms with Crippen LogP contribution in [0.4, 0.5) is 0 Å². The summed E-state index contributed by atoms with van der Waals surface area (Å²) in [6.07, 6.45) is 5.03. The second-order valence-electron chi connectivity index (χ2n) is 3.80. The summed E-state index contributed by atoms with van der Waals surface area (Å²) in [4.78, 5) is 8.07. The Kier molecular flexibility index (Phi) is 4.53. The van der Waals surface area contributed by atoms with Gasteiger partial charge in [-0.15, -0.1) is 0 Å². The Morgan fingerprint density at radius 2 is 1.78 bits per heavy atom. The summed E-state index contributed by atoms with van der Waals surface area (Å²) in [5.74, 6) is 0. The topological polar surface area (TPSA) is 37.8 Å². The van der Waals surface area contributed by atoms with Gasteiger partial charge >= 0.3 is 0 Å². The van der Waals surface area contributed by atoms with Crippen molar-refractivity contribution < 1.29 is 0 Å². The lowest BCUT2D eigenvalue weighted by atomic mass is 10.0. The summed E-state index contributed by atoms with van der Waals surface area (Å²) >= 11 is 12.5. The Morgan fingerprint density at radius 1 is 1.17 bits per heavy atom. The predicted octanol–water partition coefficient (Wildman–Crippen LogP) is 3.48. The molecule has 0 aliphatic heterocycles. The molecule has 0 aliphatic rings. The largest absolute Gasteiger partial charge is 0.306 e. The Balaban J connectivity index is 2.48. The third kappa shape index (κ3) is 2.80. The molecule has 1 unspecified atom stereocenters. The molecule has 0 saturated heterocycles. The smallest absolute Gasteiger partial charge is 0.115 e. The van der Waals surface area contributed by atoms with E-state index in [1.165, 1.54) is 6.33 Å². The lowest BCUT2D eigenvalue weighted by Gasteiger charge is -2.20. The van der Waals surface area contributed by atoms with Gasteiger partial charge in [-0.1, -0.05) is 36.2 Å². The zero-order valence-electron chi connectivity index (χ0n) is 9.90. The average Bonchev–Trinajstić information content (AvgIpc) is 2.38. The maximum atomic E-state index is 6.24. The van der Waals surface area contributed by atoms with Crippen molar-refractivity contribution in [2.24, 2.45) is 0 Å². The van der Waals surface area contributed by atoms with Crippen LogP contribution in [0.25, 0.3) is 0 Å². The van der Waals surface area contributed by atoms with Crippen LogP contribution >= 0.6 is 23.2 Å². The van der Waals surface area contributed by atoms with Crippen LogP contribution in [0.2, 0.25) is 10.0 Å². The molecule has 0 bridgehead atoms. The lowest BCUT2D eigenvalue weighted by molar-refractivity contribution is 0.626. The molecule has 2 rings (SSSR count). The normalized spacial score (nSPS) is 12.4. The molecule has 0 spiro atoms. The standard InChI is InChI=1S/C13H13Cl2N3/c1-2-18-13(9-6-16-8-17-7-9)12-10(14)4-3-5-11(12)15/h3-8,13,18H,2H2,1H3. The van der Waals surface area contributed by atoms with E-state index in [4.69, 9.17) is 23.2 Å². The molecule has 1 heterocycles. The van der Waals surface area contributed by atoms with E-state index in [1.54, 1.807) is 12.4 Å². The minimum absolute atomic E-state index is 0.0996. The van der Waals surface area contributed by atoms with Crippen LogP contribution < -0.4 is 5.32 Å². The van der Waals surface area contributed by atoms with Crippen LogP contribution in [-0.4, -0.2) is 16.5 Å². The summed E-state index contributed by atoms with van der Waals surface area (Å²) in [7, 11) is 0. The van der Waals surface area contributed by atoms with Gasteiger partial charge < -0.3 is 5.32 Å². The van der Waals surface area contributed by atoms with Crippen LogP contribution in [0, 0.1) is 0 Å². The highest BCUT2D eigenvalue weighted by Gasteiger charge is 2.19. The number of benzene rings is 1. The van der Waals surface area contributed by atoms with E-state index in [-0.39, 0.29) is 6.04 Å². The monoisotopic (exact) mass is 281 g/mol. The highest BCUT2D eigenvalue weighted by Crippen LogP contribution is 2.33. The summed E-state index contributed by atoms with van der Waals surface area (Å²) in [6.45, 7) is 2.82. The molecule has 18 heavy (non-hydrogen) atoms. The maximum Gasteiger partial charge on any atom is 0.115 e. The molecule has 94 valence electrons. The fraction of sp³-hybridized carbons (Fsp3) is 0.231. The van der Waals surface area contributed by atoms with Gasteiger partial charge in [-0.3, -0.25) is 0 Å². The first-order valence-electron chi connectivity index (χ1n) is 5.66. The van der Waals surface area contributed by atoms with Crippen molar-refractivity contribution in [1.29, 1.82) is 0 Å². The summed E-state index contributed by atoms with van der Waals surface area (Å²) in [5.41, 5.74) is 1.80. The Bertz CT molecular complexity index is 497. The molecular weight excluding hydrogens is 269 g/mol. The van der Waals surface area contributed by atoms with Gasteiger partial charge in [0.1, 0.15) is 6.33 Å². The lowest BCUT2D eigenvalue weighted by Crippen LogP contribution is -2.23. The first-order valence-corrected chi connectivity index (χ1v) is 6.41. The summed E-state index contributed by atoms with van der Waals surface area (Å²) in [5, 5.41) is 4.62. The van der Waals surface area contributed by atoms with Gasteiger partial charge in [0.05, 0.1) is 6.04 Å². The highest BCUT2D eigenvalue weighted by molar-refractivity contribution is 6.36. The van der Waals surface area contributed by atoms with Crippen molar-refractivity contribution in [3.05, 3.63) is 58.1 Å². The van der Waals surface area contributed by atoms with E-state index in [0.29, 0.717) is 10.0 Å². The molecule has 0 aliphatic carbocycles. The second kappa shape index (κ2) is 6.14. The molecule has 2 aromatic rings. The van der Waals surface area contributed by atoms with Gasteiger partial charge in [-0.05, 0) is 18.7 Å². The van der Waals surface area contributed by atoms with E-state index < -0.39 is 0 Å². The highest BCUT2D eigenvalue weighted by atomic mass is 35.5. The van der Waals surface area contributed by atoms with Crippen LogP contribution in [0.5, 0.6) is 0 Å². The number of hydrogen-bond donors (Lipinski definition) is 1. The van der Waals surface area contributed by atoms with Gasteiger partial charge in [0.15, 0.2) is 0 Å².